The average Bonchev–Trinajstić information content (AvgIpc) is 3.15. The van der Waals surface area contributed by atoms with E-state index in [9.17, 15) is 8.42 Å². The van der Waals surface area contributed by atoms with E-state index >= 15 is 0 Å². The Labute approximate surface area is 121 Å². The van der Waals surface area contributed by atoms with E-state index in [1.165, 1.54) is 18.0 Å². The summed E-state index contributed by atoms with van der Waals surface area (Å²) in [5, 5.41) is 3.93. The Morgan fingerprint density at radius 3 is 2.80 bits per heavy atom. The lowest BCUT2D eigenvalue weighted by molar-refractivity contribution is 0.375. The summed E-state index contributed by atoms with van der Waals surface area (Å²) in [6.45, 7) is 0. The van der Waals surface area contributed by atoms with Gasteiger partial charge in [-0.15, -0.1) is 11.8 Å². The molecule has 20 heavy (non-hydrogen) atoms. The number of aromatic nitrogens is 2. The molecular weight excluding hydrogens is 296 g/mol. The second-order valence-electron chi connectivity index (χ2n) is 4.83. The van der Waals surface area contributed by atoms with E-state index in [1.54, 1.807) is 18.2 Å². The lowest BCUT2D eigenvalue weighted by Crippen LogP contribution is -1.99. The zero-order valence-corrected chi connectivity index (χ0v) is 12.6. The predicted octanol–water partition coefficient (Wildman–Crippen LogP) is 2.64. The van der Waals surface area contributed by atoms with Gasteiger partial charge in [-0.05, 0) is 25.0 Å². The lowest BCUT2D eigenvalue weighted by Gasteiger charge is -2.05. The molecule has 3 rings (SSSR count). The number of sulfone groups is 1. The Morgan fingerprint density at radius 2 is 2.10 bits per heavy atom. The third kappa shape index (κ3) is 3.04. The number of benzene rings is 1. The van der Waals surface area contributed by atoms with Gasteiger partial charge in [-0.2, -0.15) is 4.98 Å². The zero-order valence-electron chi connectivity index (χ0n) is 10.9. The molecule has 0 spiro atoms. The van der Waals surface area contributed by atoms with Crippen LogP contribution in [0.3, 0.4) is 0 Å². The third-order valence-electron chi connectivity index (χ3n) is 3.02. The van der Waals surface area contributed by atoms with E-state index in [0.717, 1.165) is 12.8 Å². The SMILES string of the molecule is CS(=O)(=O)c1ccccc1SCc1noc(C2CC2)n1. The van der Waals surface area contributed by atoms with Crippen molar-refractivity contribution in [3.05, 3.63) is 36.0 Å². The minimum absolute atomic E-state index is 0.343. The average molecular weight is 310 g/mol. The summed E-state index contributed by atoms with van der Waals surface area (Å²) in [6.07, 6.45) is 3.45. The number of thioether (sulfide) groups is 1. The quantitative estimate of drug-likeness (QED) is 0.790. The number of nitrogens with zero attached hydrogens (tertiary/aromatic N) is 2. The summed E-state index contributed by atoms with van der Waals surface area (Å²) < 4.78 is 28.6. The van der Waals surface area contributed by atoms with Gasteiger partial charge in [0, 0.05) is 17.1 Å². The molecule has 1 fully saturated rings. The van der Waals surface area contributed by atoms with Gasteiger partial charge in [0.15, 0.2) is 15.7 Å². The van der Waals surface area contributed by atoms with Gasteiger partial charge in [0.1, 0.15) is 0 Å². The molecule has 0 N–H and O–H groups in total. The molecule has 0 aliphatic heterocycles. The van der Waals surface area contributed by atoms with Crippen LogP contribution in [0.25, 0.3) is 0 Å². The van der Waals surface area contributed by atoms with Gasteiger partial charge >= 0.3 is 0 Å². The minimum atomic E-state index is -3.22. The highest BCUT2D eigenvalue weighted by atomic mass is 32.2. The Balaban J connectivity index is 1.74. The van der Waals surface area contributed by atoms with E-state index in [1.807, 2.05) is 6.07 Å². The molecule has 0 amide bonds. The van der Waals surface area contributed by atoms with Crippen molar-refractivity contribution in [2.75, 3.05) is 6.26 Å². The van der Waals surface area contributed by atoms with Crippen molar-refractivity contribution in [1.82, 2.24) is 10.1 Å². The van der Waals surface area contributed by atoms with Crippen LogP contribution < -0.4 is 0 Å². The molecule has 7 heteroatoms. The molecule has 1 aliphatic carbocycles. The molecule has 1 aliphatic rings. The van der Waals surface area contributed by atoms with Gasteiger partial charge in [0.2, 0.25) is 5.89 Å². The molecule has 1 aromatic heterocycles. The van der Waals surface area contributed by atoms with Crippen molar-refractivity contribution in [3.8, 4) is 0 Å². The van der Waals surface area contributed by atoms with E-state index in [0.29, 0.717) is 33.2 Å². The Hall–Kier alpha value is -1.34. The fraction of sp³-hybridized carbons (Fsp3) is 0.385. The fourth-order valence-electron chi connectivity index (χ4n) is 1.84. The second-order valence-corrected chi connectivity index (χ2v) is 7.83. The highest BCUT2D eigenvalue weighted by Gasteiger charge is 2.29. The highest BCUT2D eigenvalue weighted by Crippen LogP contribution is 2.39. The van der Waals surface area contributed by atoms with E-state index in [4.69, 9.17) is 4.52 Å². The first-order chi connectivity index (χ1) is 9.54. The third-order valence-corrected chi connectivity index (χ3v) is 5.37. The molecule has 1 saturated carbocycles. The van der Waals surface area contributed by atoms with Crippen LogP contribution in [0.1, 0.15) is 30.5 Å². The highest BCUT2D eigenvalue weighted by molar-refractivity contribution is 7.99. The second kappa shape index (κ2) is 5.21. The van der Waals surface area contributed by atoms with Gasteiger partial charge in [0.05, 0.1) is 10.6 Å². The van der Waals surface area contributed by atoms with Gasteiger partial charge in [-0.1, -0.05) is 17.3 Å². The van der Waals surface area contributed by atoms with Crippen molar-refractivity contribution in [2.24, 2.45) is 0 Å². The maximum absolute atomic E-state index is 11.7. The predicted molar refractivity (Wildman–Crippen MR) is 75.4 cm³/mol. The number of hydrogen-bond donors (Lipinski definition) is 0. The molecule has 0 unspecified atom stereocenters. The number of rotatable bonds is 5. The molecule has 1 heterocycles. The molecule has 0 bridgehead atoms. The van der Waals surface area contributed by atoms with Crippen LogP contribution >= 0.6 is 11.8 Å². The van der Waals surface area contributed by atoms with Crippen LogP contribution in [0.15, 0.2) is 38.6 Å². The molecule has 0 atom stereocenters. The summed E-state index contributed by atoms with van der Waals surface area (Å²) in [4.78, 5) is 5.39. The van der Waals surface area contributed by atoms with E-state index < -0.39 is 9.84 Å². The van der Waals surface area contributed by atoms with Gasteiger partial charge < -0.3 is 4.52 Å². The van der Waals surface area contributed by atoms with Crippen molar-refractivity contribution in [3.63, 3.8) is 0 Å². The largest absolute Gasteiger partial charge is 0.339 e. The Bertz CT molecular complexity index is 721. The van der Waals surface area contributed by atoms with Crippen molar-refractivity contribution in [1.29, 1.82) is 0 Å². The monoisotopic (exact) mass is 310 g/mol. The van der Waals surface area contributed by atoms with Crippen LogP contribution in [0.5, 0.6) is 0 Å². The smallest absolute Gasteiger partial charge is 0.229 e. The summed E-state index contributed by atoms with van der Waals surface area (Å²) in [5.74, 6) is 2.25. The minimum Gasteiger partial charge on any atom is -0.339 e. The summed E-state index contributed by atoms with van der Waals surface area (Å²) in [6, 6.07) is 6.95. The first-order valence-corrected chi connectivity index (χ1v) is 9.16. The van der Waals surface area contributed by atoms with Crippen molar-refractivity contribution in [2.45, 2.75) is 34.3 Å². The van der Waals surface area contributed by atoms with Crippen LogP contribution in [0.2, 0.25) is 0 Å². The first kappa shape index (κ1) is 13.6. The molecule has 2 aromatic rings. The summed E-state index contributed by atoms with van der Waals surface area (Å²) in [5.41, 5.74) is 0. The van der Waals surface area contributed by atoms with Crippen LogP contribution in [0, 0.1) is 0 Å². The topological polar surface area (TPSA) is 73.1 Å². The first-order valence-electron chi connectivity index (χ1n) is 6.28. The Morgan fingerprint density at radius 1 is 1.35 bits per heavy atom. The normalized spacial score (nSPS) is 15.4. The van der Waals surface area contributed by atoms with Gasteiger partial charge in [-0.25, -0.2) is 8.42 Å². The molecule has 106 valence electrons. The van der Waals surface area contributed by atoms with Crippen molar-refractivity contribution < 1.29 is 12.9 Å². The molecule has 1 aromatic carbocycles. The van der Waals surface area contributed by atoms with Crippen LogP contribution in [-0.4, -0.2) is 24.8 Å². The molecule has 0 saturated heterocycles. The van der Waals surface area contributed by atoms with E-state index in [-0.39, 0.29) is 0 Å². The van der Waals surface area contributed by atoms with E-state index in [2.05, 4.69) is 10.1 Å². The summed E-state index contributed by atoms with van der Waals surface area (Å²) >= 11 is 1.41. The molecule has 5 nitrogen and oxygen atoms in total. The number of hydrogen-bond acceptors (Lipinski definition) is 6. The van der Waals surface area contributed by atoms with Crippen molar-refractivity contribution >= 4 is 21.6 Å². The maximum Gasteiger partial charge on any atom is 0.229 e. The standard InChI is InChI=1S/C13H14N2O3S2/c1-20(16,17)11-5-3-2-4-10(11)19-8-12-14-13(18-15-12)9-6-7-9/h2-5,9H,6-8H2,1H3. The summed E-state index contributed by atoms with van der Waals surface area (Å²) in [7, 11) is -3.22. The lowest BCUT2D eigenvalue weighted by atomic mass is 10.4. The molecular formula is C13H14N2O3S2. The molecule has 0 radical (unpaired) electrons. The van der Waals surface area contributed by atoms with Crippen LogP contribution in [0.4, 0.5) is 0 Å². The zero-order chi connectivity index (χ0) is 14.2. The van der Waals surface area contributed by atoms with Gasteiger partial charge in [-0.3, -0.25) is 0 Å². The maximum atomic E-state index is 11.7. The van der Waals surface area contributed by atoms with Gasteiger partial charge in [0.25, 0.3) is 0 Å². The van der Waals surface area contributed by atoms with Crippen LogP contribution in [-0.2, 0) is 15.6 Å². The Kier molecular flexibility index (Phi) is 3.55. The fourth-order valence-corrected chi connectivity index (χ4v) is 4.02.